The van der Waals surface area contributed by atoms with Gasteiger partial charge in [-0.25, -0.2) is 15.8 Å². The molecule has 5 heteroatoms. The Morgan fingerprint density at radius 3 is 2.93 bits per heavy atom. The van der Waals surface area contributed by atoms with Crippen molar-refractivity contribution in [3.63, 3.8) is 0 Å². The maximum atomic E-state index is 5.27. The third-order valence-corrected chi connectivity index (χ3v) is 1.76. The number of hydrazine groups is 1. The molecule has 0 unspecified atom stereocenters. The number of aryl methyl sites for hydroxylation is 1. The minimum Gasteiger partial charge on any atom is -0.463 e. The van der Waals surface area contributed by atoms with Crippen LogP contribution in [0.3, 0.4) is 0 Å². The monoisotopic (exact) mass is 190 g/mol. The number of furan rings is 1. The summed E-state index contributed by atoms with van der Waals surface area (Å²) in [6, 6.07) is 5.37. The van der Waals surface area contributed by atoms with Crippen molar-refractivity contribution in [1.29, 1.82) is 0 Å². The van der Waals surface area contributed by atoms with Crippen molar-refractivity contribution in [2.24, 2.45) is 5.84 Å². The van der Waals surface area contributed by atoms with Crippen LogP contribution in [-0.2, 0) is 0 Å². The van der Waals surface area contributed by atoms with Gasteiger partial charge in [-0.1, -0.05) is 0 Å². The number of nitrogens with zero attached hydrogens (tertiary/aromatic N) is 2. The largest absolute Gasteiger partial charge is 0.463 e. The average molecular weight is 190 g/mol. The summed E-state index contributed by atoms with van der Waals surface area (Å²) in [6.45, 7) is 1.80. The minimum atomic E-state index is 0.573. The van der Waals surface area contributed by atoms with E-state index < -0.39 is 0 Å². The molecule has 0 amide bonds. The Morgan fingerprint density at radius 2 is 2.29 bits per heavy atom. The van der Waals surface area contributed by atoms with Crippen LogP contribution in [0.25, 0.3) is 11.5 Å². The molecule has 3 N–H and O–H groups in total. The number of rotatable bonds is 2. The molecule has 0 bridgehead atoms. The van der Waals surface area contributed by atoms with Gasteiger partial charge in [-0.3, -0.25) is 0 Å². The fourth-order valence-electron chi connectivity index (χ4n) is 1.19. The van der Waals surface area contributed by atoms with Gasteiger partial charge in [0.1, 0.15) is 17.3 Å². The summed E-state index contributed by atoms with van der Waals surface area (Å²) in [4.78, 5) is 8.30. The van der Waals surface area contributed by atoms with Crippen molar-refractivity contribution in [2.75, 3.05) is 5.43 Å². The van der Waals surface area contributed by atoms with Crippen LogP contribution in [0.5, 0.6) is 0 Å². The fourth-order valence-corrected chi connectivity index (χ4v) is 1.19. The second-order valence-electron chi connectivity index (χ2n) is 2.81. The molecule has 2 aromatic rings. The van der Waals surface area contributed by atoms with Gasteiger partial charge in [-0.05, 0) is 19.1 Å². The molecule has 5 nitrogen and oxygen atoms in total. The van der Waals surface area contributed by atoms with Crippen molar-refractivity contribution in [1.82, 2.24) is 9.97 Å². The predicted octanol–water partition coefficient (Wildman–Crippen LogP) is 1.33. The lowest BCUT2D eigenvalue weighted by atomic mass is 10.3. The molecule has 14 heavy (non-hydrogen) atoms. The number of nitrogen functional groups attached to an aromatic ring is 1. The molecule has 0 aliphatic carbocycles. The molecule has 0 fully saturated rings. The number of aromatic nitrogens is 2. The molecule has 2 heterocycles. The lowest BCUT2D eigenvalue weighted by Gasteiger charge is -2.02. The van der Waals surface area contributed by atoms with E-state index in [-0.39, 0.29) is 0 Å². The normalized spacial score (nSPS) is 10.1. The summed E-state index contributed by atoms with van der Waals surface area (Å²) in [5.74, 6) is 7.19. The summed E-state index contributed by atoms with van der Waals surface area (Å²) in [5, 5.41) is 0. The van der Waals surface area contributed by atoms with Gasteiger partial charge < -0.3 is 9.84 Å². The zero-order valence-corrected chi connectivity index (χ0v) is 7.69. The lowest BCUT2D eigenvalue weighted by Crippen LogP contribution is -2.09. The van der Waals surface area contributed by atoms with Crippen LogP contribution < -0.4 is 11.3 Å². The molecule has 0 aliphatic heterocycles. The number of hydrogen-bond donors (Lipinski definition) is 2. The van der Waals surface area contributed by atoms with Gasteiger partial charge in [0.15, 0.2) is 5.76 Å². The molecule has 0 aliphatic rings. The van der Waals surface area contributed by atoms with Crippen molar-refractivity contribution < 1.29 is 4.42 Å². The topological polar surface area (TPSA) is 77.0 Å². The zero-order valence-electron chi connectivity index (χ0n) is 7.69. The Labute approximate surface area is 80.9 Å². The van der Waals surface area contributed by atoms with Crippen molar-refractivity contribution in [3.8, 4) is 11.5 Å². The zero-order chi connectivity index (χ0) is 9.97. The van der Waals surface area contributed by atoms with Crippen LogP contribution in [0, 0.1) is 6.92 Å². The van der Waals surface area contributed by atoms with Crippen LogP contribution in [0.4, 0.5) is 5.82 Å². The van der Waals surface area contributed by atoms with Gasteiger partial charge in [0.25, 0.3) is 0 Å². The number of hydrogen-bond acceptors (Lipinski definition) is 5. The Morgan fingerprint density at radius 1 is 1.43 bits per heavy atom. The van der Waals surface area contributed by atoms with E-state index in [0.29, 0.717) is 17.4 Å². The molecular formula is C9H10N4O. The van der Waals surface area contributed by atoms with Gasteiger partial charge in [-0.15, -0.1) is 0 Å². The first-order valence-corrected chi connectivity index (χ1v) is 4.16. The Balaban J connectivity index is 2.48. The number of anilines is 1. The molecule has 0 spiro atoms. The molecule has 0 aromatic carbocycles. The highest BCUT2D eigenvalue weighted by molar-refractivity contribution is 5.56. The Kier molecular flexibility index (Phi) is 2.16. The average Bonchev–Trinajstić information content (AvgIpc) is 2.69. The third-order valence-electron chi connectivity index (χ3n) is 1.76. The van der Waals surface area contributed by atoms with E-state index in [1.165, 1.54) is 0 Å². The van der Waals surface area contributed by atoms with E-state index >= 15 is 0 Å². The van der Waals surface area contributed by atoms with E-state index in [2.05, 4.69) is 15.4 Å². The molecule has 2 aromatic heterocycles. The van der Waals surface area contributed by atoms with Crippen LogP contribution >= 0.6 is 0 Å². The summed E-state index contributed by atoms with van der Waals surface area (Å²) in [6.07, 6.45) is 1.60. The second kappa shape index (κ2) is 3.47. The SMILES string of the molecule is Cc1nc(NN)cc(-c2ccco2)n1. The number of nitrogens with one attached hydrogen (secondary N) is 1. The highest BCUT2D eigenvalue weighted by Gasteiger charge is 2.05. The summed E-state index contributed by atoms with van der Waals surface area (Å²) in [5.41, 5.74) is 3.20. The molecule has 72 valence electrons. The molecule has 0 atom stereocenters. The fraction of sp³-hybridized carbons (Fsp3) is 0.111. The van der Waals surface area contributed by atoms with Crippen molar-refractivity contribution >= 4 is 5.82 Å². The lowest BCUT2D eigenvalue weighted by molar-refractivity contribution is 0.579. The molecule has 2 rings (SSSR count). The van der Waals surface area contributed by atoms with Gasteiger partial charge in [0, 0.05) is 6.07 Å². The first-order valence-electron chi connectivity index (χ1n) is 4.16. The third kappa shape index (κ3) is 1.57. The molecular weight excluding hydrogens is 180 g/mol. The van der Waals surface area contributed by atoms with Crippen molar-refractivity contribution in [2.45, 2.75) is 6.92 Å². The van der Waals surface area contributed by atoms with Crippen LogP contribution in [0.15, 0.2) is 28.9 Å². The van der Waals surface area contributed by atoms with E-state index in [4.69, 9.17) is 10.3 Å². The van der Waals surface area contributed by atoms with Crippen LogP contribution in [0.1, 0.15) is 5.82 Å². The maximum Gasteiger partial charge on any atom is 0.152 e. The van der Waals surface area contributed by atoms with E-state index in [1.807, 2.05) is 12.1 Å². The van der Waals surface area contributed by atoms with Gasteiger partial charge in [0.05, 0.1) is 6.26 Å². The molecule has 0 saturated heterocycles. The number of nitrogens with two attached hydrogens (primary N) is 1. The highest BCUT2D eigenvalue weighted by Crippen LogP contribution is 2.19. The van der Waals surface area contributed by atoms with Crippen LogP contribution in [-0.4, -0.2) is 9.97 Å². The van der Waals surface area contributed by atoms with Gasteiger partial charge in [-0.2, -0.15) is 0 Å². The summed E-state index contributed by atoms with van der Waals surface area (Å²) >= 11 is 0. The van der Waals surface area contributed by atoms with E-state index in [9.17, 15) is 0 Å². The van der Waals surface area contributed by atoms with E-state index in [1.54, 1.807) is 19.3 Å². The smallest absolute Gasteiger partial charge is 0.152 e. The molecule has 0 radical (unpaired) electrons. The first kappa shape index (κ1) is 8.71. The molecule has 0 saturated carbocycles. The highest BCUT2D eigenvalue weighted by atomic mass is 16.3. The Hall–Kier alpha value is -1.88. The second-order valence-corrected chi connectivity index (χ2v) is 2.81. The summed E-state index contributed by atoms with van der Waals surface area (Å²) < 4.78 is 5.22. The first-order chi connectivity index (χ1) is 6.79. The van der Waals surface area contributed by atoms with Gasteiger partial charge in [0.2, 0.25) is 0 Å². The standard InChI is InChI=1S/C9H10N4O/c1-6-11-7(5-9(12-6)13-10)8-3-2-4-14-8/h2-5H,10H2,1H3,(H,11,12,13). The summed E-state index contributed by atoms with van der Waals surface area (Å²) in [7, 11) is 0. The van der Waals surface area contributed by atoms with Crippen LogP contribution in [0.2, 0.25) is 0 Å². The quantitative estimate of drug-likeness (QED) is 0.551. The maximum absolute atomic E-state index is 5.27. The van der Waals surface area contributed by atoms with Gasteiger partial charge >= 0.3 is 0 Å². The minimum absolute atomic E-state index is 0.573. The van der Waals surface area contributed by atoms with E-state index in [0.717, 1.165) is 5.69 Å². The predicted molar refractivity (Wildman–Crippen MR) is 52.3 cm³/mol. The van der Waals surface area contributed by atoms with Crippen molar-refractivity contribution in [3.05, 3.63) is 30.3 Å². The Bertz CT molecular complexity index is 424.